The number of anilines is 1. The van der Waals surface area contributed by atoms with E-state index in [0.717, 1.165) is 63.0 Å². The van der Waals surface area contributed by atoms with Gasteiger partial charge in [0.05, 0.1) is 12.2 Å². The largest absolute Gasteiger partial charge is 0.341 e. The lowest BCUT2D eigenvalue weighted by Crippen LogP contribution is -2.60. The SMILES string of the molecule is O=C([C@@H](Cc1ccc(Cl)cc1)NC1CCCCN1C(=O)Nc1ccccc1)N1CCC(Cn2cncn2)(C2CCCCC2)CC1. The molecular weight excluding hydrogens is 586 g/mol. The third-order valence-corrected chi connectivity index (χ3v) is 10.6. The van der Waals surface area contributed by atoms with Crippen LogP contribution in [0.5, 0.6) is 0 Å². The molecule has 1 unspecified atom stereocenters. The Kier molecular flexibility index (Phi) is 10.4. The molecule has 2 atom stereocenters. The van der Waals surface area contributed by atoms with Gasteiger partial charge in [-0.25, -0.2) is 9.78 Å². The summed E-state index contributed by atoms with van der Waals surface area (Å²) in [5, 5.41) is 11.9. The summed E-state index contributed by atoms with van der Waals surface area (Å²) in [4.78, 5) is 36.0. The first kappa shape index (κ1) is 31.5. The minimum absolute atomic E-state index is 0.108. The minimum atomic E-state index is -0.459. The zero-order valence-corrected chi connectivity index (χ0v) is 26.9. The lowest BCUT2D eigenvalue weighted by Gasteiger charge is -2.48. The van der Waals surface area contributed by atoms with Crippen molar-refractivity contribution in [1.29, 1.82) is 0 Å². The summed E-state index contributed by atoms with van der Waals surface area (Å²) in [7, 11) is 0. The molecule has 3 heterocycles. The average Bonchev–Trinajstić information content (AvgIpc) is 3.59. The van der Waals surface area contributed by atoms with Crippen molar-refractivity contribution in [2.75, 3.05) is 25.0 Å². The van der Waals surface area contributed by atoms with Crippen molar-refractivity contribution in [3.63, 3.8) is 0 Å². The first-order chi connectivity index (χ1) is 22.0. The number of benzene rings is 2. The molecule has 1 aliphatic carbocycles. The molecule has 3 amide bonds. The van der Waals surface area contributed by atoms with E-state index >= 15 is 0 Å². The van der Waals surface area contributed by atoms with Gasteiger partial charge in [-0.05, 0) is 92.5 Å². The number of para-hydroxylation sites is 1. The third-order valence-electron chi connectivity index (χ3n) is 10.3. The van der Waals surface area contributed by atoms with Gasteiger partial charge in [0, 0.05) is 36.9 Å². The Labute approximate surface area is 271 Å². The van der Waals surface area contributed by atoms with Crippen LogP contribution < -0.4 is 10.6 Å². The number of hydrogen-bond donors (Lipinski definition) is 2. The smallest absolute Gasteiger partial charge is 0.323 e. The number of carbonyl (C=O) groups is 2. The maximum absolute atomic E-state index is 14.4. The van der Waals surface area contributed by atoms with Gasteiger partial charge < -0.3 is 15.1 Å². The fourth-order valence-corrected chi connectivity index (χ4v) is 7.94. The van der Waals surface area contributed by atoms with E-state index in [1.165, 1.54) is 32.1 Å². The highest BCUT2D eigenvalue weighted by Crippen LogP contribution is 2.47. The molecule has 3 aromatic rings. The maximum atomic E-state index is 14.4. The summed E-state index contributed by atoms with van der Waals surface area (Å²) in [5.41, 5.74) is 1.93. The van der Waals surface area contributed by atoms with Gasteiger partial charge >= 0.3 is 6.03 Å². The van der Waals surface area contributed by atoms with Gasteiger partial charge in [0.1, 0.15) is 12.7 Å². The van der Waals surface area contributed by atoms with Crippen molar-refractivity contribution in [2.24, 2.45) is 11.3 Å². The summed E-state index contributed by atoms with van der Waals surface area (Å²) in [6, 6.07) is 16.7. The summed E-state index contributed by atoms with van der Waals surface area (Å²) in [5.74, 6) is 0.756. The number of halogens is 1. The maximum Gasteiger partial charge on any atom is 0.323 e. The van der Waals surface area contributed by atoms with Crippen LogP contribution in [0.3, 0.4) is 0 Å². The summed E-state index contributed by atoms with van der Waals surface area (Å²) >= 11 is 6.20. The lowest BCUT2D eigenvalue weighted by atomic mass is 9.63. The number of piperidine rings is 2. The highest BCUT2D eigenvalue weighted by molar-refractivity contribution is 6.30. The predicted molar refractivity (Wildman–Crippen MR) is 177 cm³/mol. The van der Waals surface area contributed by atoms with Gasteiger partial charge in [-0.1, -0.05) is 61.2 Å². The van der Waals surface area contributed by atoms with Gasteiger partial charge in [-0.2, -0.15) is 5.10 Å². The van der Waals surface area contributed by atoms with Crippen molar-refractivity contribution in [2.45, 2.75) is 89.4 Å². The molecule has 1 aromatic heterocycles. The quantitative estimate of drug-likeness (QED) is 0.286. The Balaban J connectivity index is 1.18. The zero-order valence-electron chi connectivity index (χ0n) is 26.1. The van der Waals surface area contributed by atoms with Crippen molar-refractivity contribution in [1.82, 2.24) is 29.9 Å². The first-order valence-corrected chi connectivity index (χ1v) is 17.1. The molecule has 2 saturated heterocycles. The molecule has 2 aliphatic heterocycles. The Bertz CT molecular complexity index is 1370. The van der Waals surface area contributed by atoms with Gasteiger partial charge in [-0.15, -0.1) is 0 Å². The van der Waals surface area contributed by atoms with E-state index < -0.39 is 6.04 Å². The van der Waals surface area contributed by atoms with Crippen LogP contribution in [0.1, 0.15) is 69.8 Å². The number of urea groups is 1. The Morgan fingerprint density at radius 3 is 2.36 bits per heavy atom. The van der Waals surface area contributed by atoms with E-state index in [0.29, 0.717) is 23.9 Å². The second-order valence-electron chi connectivity index (χ2n) is 13.2. The van der Waals surface area contributed by atoms with E-state index in [1.54, 1.807) is 6.33 Å². The number of aromatic nitrogens is 3. The molecule has 45 heavy (non-hydrogen) atoms. The molecule has 0 radical (unpaired) electrons. The van der Waals surface area contributed by atoms with Crippen LogP contribution in [-0.2, 0) is 17.8 Å². The molecule has 2 N–H and O–H groups in total. The van der Waals surface area contributed by atoms with Gasteiger partial charge in [-0.3, -0.25) is 14.8 Å². The van der Waals surface area contributed by atoms with E-state index in [9.17, 15) is 9.59 Å². The number of rotatable bonds is 9. The van der Waals surface area contributed by atoms with Crippen LogP contribution in [0.2, 0.25) is 5.02 Å². The number of likely N-dealkylation sites (tertiary alicyclic amines) is 2. The van der Waals surface area contributed by atoms with Crippen LogP contribution in [0.25, 0.3) is 0 Å². The standard InChI is InChI=1S/C35H46ClN7O2/c36-29-16-14-27(15-17-29)23-31(40-32-13-7-8-20-43(32)34(45)39-30-11-5-2-6-12-30)33(44)41-21-18-35(19-22-41,24-42-26-37-25-38-42)28-9-3-1-4-10-28/h2,5-6,11-12,14-17,25-26,28,31-32,40H,1,3-4,7-10,13,18-24H2,(H,39,45)/t31-,32?/m1/s1. The monoisotopic (exact) mass is 631 g/mol. The number of nitrogens with one attached hydrogen (secondary N) is 2. The van der Waals surface area contributed by atoms with Gasteiger partial charge in [0.2, 0.25) is 5.91 Å². The fourth-order valence-electron chi connectivity index (χ4n) is 7.81. The molecule has 1 saturated carbocycles. The van der Waals surface area contributed by atoms with Crippen molar-refractivity contribution in [3.05, 3.63) is 77.8 Å². The number of nitrogens with zero attached hydrogens (tertiary/aromatic N) is 5. The van der Waals surface area contributed by atoms with E-state index in [1.807, 2.05) is 70.5 Å². The summed E-state index contributed by atoms with van der Waals surface area (Å²) < 4.78 is 2.00. The molecule has 6 rings (SSSR count). The van der Waals surface area contributed by atoms with Crippen LogP contribution in [0.15, 0.2) is 67.3 Å². The van der Waals surface area contributed by atoms with Gasteiger partial charge in [0.15, 0.2) is 0 Å². The molecule has 9 nitrogen and oxygen atoms in total. The van der Waals surface area contributed by atoms with E-state index in [2.05, 4.69) is 25.6 Å². The van der Waals surface area contributed by atoms with Crippen molar-refractivity contribution in [3.8, 4) is 0 Å². The molecule has 0 bridgehead atoms. The molecule has 240 valence electrons. The van der Waals surface area contributed by atoms with Crippen LogP contribution in [0, 0.1) is 11.3 Å². The Morgan fingerprint density at radius 1 is 0.911 bits per heavy atom. The van der Waals surface area contributed by atoms with Crippen LogP contribution in [-0.4, -0.2) is 68.3 Å². The fraction of sp³-hybridized carbons (Fsp3) is 0.543. The second-order valence-corrected chi connectivity index (χ2v) is 13.6. The highest BCUT2D eigenvalue weighted by Gasteiger charge is 2.44. The normalized spacial score (nSPS) is 21.3. The van der Waals surface area contributed by atoms with Crippen LogP contribution >= 0.6 is 11.6 Å². The number of hydrogen-bond acceptors (Lipinski definition) is 5. The van der Waals surface area contributed by atoms with Gasteiger partial charge in [0.25, 0.3) is 0 Å². The third kappa shape index (κ3) is 7.87. The van der Waals surface area contributed by atoms with Crippen LogP contribution in [0.4, 0.5) is 10.5 Å². The topological polar surface area (TPSA) is 95.4 Å². The highest BCUT2D eigenvalue weighted by atomic mass is 35.5. The molecule has 3 aliphatic rings. The van der Waals surface area contributed by atoms with Crippen molar-refractivity contribution < 1.29 is 9.59 Å². The van der Waals surface area contributed by atoms with E-state index in [4.69, 9.17) is 11.6 Å². The van der Waals surface area contributed by atoms with E-state index in [-0.39, 0.29) is 23.5 Å². The number of carbonyl (C=O) groups excluding carboxylic acids is 2. The van der Waals surface area contributed by atoms with Crippen molar-refractivity contribution >= 4 is 29.2 Å². The summed E-state index contributed by atoms with van der Waals surface area (Å²) in [6.45, 7) is 2.96. The molecule has 2 aromatic carbocycles. The first-order valence-electron chi connectivity index (χ1n) is 16.7. The Morgan fingerprint density at radius 2 is 1.64 bits per heavy atom. The summed E-state index contributed by atoms with van der Waals surface area (Å²) in [6.07, 6.45) is 14.8. The molecule has 10 heteroatoms. The Hall–Kier alpha value is -3.43. The second kappa shape index (κ2) is 14.8. The lowest BCUT2D eigenvalue weighted by molar-refractivity contribution is -0.137. The predicted octanol–water partition coefficient (Wildman–Crippen LogP) is 6.37. The molecular formula is C35H46ClN7O2. The zero-order chi connectivity index (χ0) is 31.1. The minimum Gasteiger partial charge on any atom is -0.341 e. The molecule has 0 spiro atoms. The average molecular weight is 632 g/mol. The number of amides is 3. The molecule has 3 fully saturated rings.